The summed E-state index contributed by atoms with van der Waals surface area (Å²) in [7, 11) is 4.21. The van der Waals surface area contributed by atoms with Crippen molar-refractivity contribution in [1.29, 1.82) is 0 Å². The molecule has 0 spiro atoms. The van der Waals surface area contributed by atoms with Gasteiger partial charge in [-0.05, 0) is 31.8 Å². The molecule has 0 bridgehead atoms. The fraction of sp³-hybridized carbons (Fsp3) is 0.529. The summed E-state index contributed by atoms with van der Waals surface area (Å²) in [4.78, 5) is 4.57. The zero-order chi connectivity index (χ0) is 15.8. The van der Waals surface area contributed by atoms with Gasteiger partial charge in [-0.25, -0.2) is 0 Å². The van der Waals surface area contributed by atoms with E-state index in [1.807, 2.05) is 0 Å². The number of hydrogen-bond donors (Lipinski definition) is 3. The topological polar surface area (TPSA) is 50.8 Å². The molecule has 1 aliphatic rings. The first-order valence-electron chi connectivity index (χ1n) is 7.95. The van der Waals surface area contributed by atoms with Gasteiger partial charge in [0.1, 0.15) is 0 Å². The predicted molar refractivity (Wildman–Crippen MR) is 92.9 cm³/mol. The van der Waals surface area contributed by atoms with E-state index in [1.54, 1.807) is 0 Å². The first kappa shape index (κ1) is 16.8. The van der Waals surface area contributed by atoms with Crippen molar-refractivity contribution in [3.8, 4) is 0 Å². The number of nitrogens with zero attached hydrogens (tertiary/aromatic N) is 2. The Morgan fingerprint density at radius 3 is 2.86 bits per heavy atom. The van der Waals surface area contributed by atoms with Crippen molar-refractivity contribution in [2.24, 2.45) is 0 Å². The lowest BCUT2D eigenvalue weighted by molar-refractivity contribution is 0.293. The van der Waals surface area contributed by atoms with Crippen molar-refractivity contribution in [3.63, 3.8) is 0 Å². The molecule has 5 nitrogen and oxygen atoms in total. The standard InChI is InChI=1S/C17H28N4O/c1-20(2)11-12-21-10-6-16-15(14-21)4-3-5-17(16)19-8-7-18-9-13-22/h3-6,10,18-19,22H,7-9,11-14H2,1-2H3. The van der Waals surface area contributed by atoms with Crippen LogP contribution in [0.25, 0.3) is 6.08 Å². The van der Waals surface area contributed by atoms with Crippen LogP contribution in [0.3, 0.4) is 0 Å². The van der Waals surface area contributed by atoms with Crippen molar-refractivity contribution < 1.29 is 5.11 Å². The minimum atomic E-state index is 0.187. The summed E-state index contributed by atoms with van der Waals surface area (Å²) < 4.78 is 0. The van der Waals surface area contributed by atoms with Gasteiger partial charge in [0.05, 0.1) is 6.61 Å². The molecule has 0 aromatic heterocycles. The molecule has 5 heteroatoms. The smallest absolute Gasteiger partial charge is 0.0555 e. The zero-order valence-corrected chi connectivity index (χ0v) is 13.7. The lowest BCUT2D eigenvalue weighted by atomic mass is 10.0. The minimum absolute atomic E-state index is 0.187. The van der Waals surface area contributed by atoms with Crippen LogP contribution in [0.2, 0.25) is 0 Å². The van der Waals surface area contributed by atoms with Crippen molar-refractivity contribution in [2.45, 2.75) is 6.54 Å². The van der Waals surface area contributed by atoms with Crippen LogP contribution in [0, 0.1) is 0 Å². The molecular formula is C17H28N4O. The number of likely N-dealkylation sites (N-methyl/N-ethyl adjacent to an activating group) is 1. The molecule has 0 fully saturated rings. The summed E-state index contributed by atoms with van der Waals surface area (Å²) in [6.45, 7) is 5.62. The third-order valence-electron chi connectivity index (χ3n) is 3.76. The van der Waals surface area contributed by atoms with E-state index in [2.05, 4.69) is 65.0 Å². The van der Waals surface area contributed by atoms with E-state index in [4.69, 9.17) is 5.11 Å². The lowest BCUT2D eigenvalue weighted by Gasteiger charge is -2.27. The molecular weight excluding hydrogens is 276 g/mol. The Labute approximate surface area is 133 Å². The zero-order valence-electron chi connectivity index (χ0n) is 13.7. The van der Waals surface area contributed by atoms with Crippen molar-refractivity contribution in [1.82, 2.24) is 15.1 Å². The fourth-order valence-corrected chi connectivity index (χ4v) is 2.52. The Morgan fingerprint density at radius 2 is 2.09 bits per heavy atom. The highest BCUT2D eigenvalue weighted by molar-refractivity contribution is 5.70. The van der Waals surface area contributed by atoms with Crippen LogP contribution in [0.15, 0.2) is 24.4 Å². The highest BCUT2D eigenvalue weighted by Gasteiger charge is 2.13. The van der Waals surface area contributed by atoms with E-state index >= 15 is 0 Å². The normalized spacial score (nSPS) is 13.5. The number of aliphatic hydroxyl groups is 1. The minimum Gasteiger partial charge on any atom is -0.395 e. The van der Waals surface area contributed by atoms with Gasteiger partial charge in [-0.15, -0.1) is 0 Å². The molecule has 1 heterocycles. The van der Waals surface area contributed by atoms with Crippen LogP contribution in [-0.2, 0) is 6.54 Å². The highest BCUT2D eigenvalue weighted by Crippen LogP contribution is 2.26. The number of aliphatic hydroxyl groups excluding tert-OH is 1. The molecule has 0 atom stereocenters. The number of anilines is 1. The third kappa shape index (κ3) is 5.02. The van der Waals surface area contributed by atoms with E-state index in [-0.39, 0.29) is 6.61 Å². The molecule has 0 aliphatic carbocycles. The molecule has 1 aromatic carbocycles. The summed E-state index contributed by atoms with van der Waals surface area (Å²) >= 11 is 0. The van der Waals surface area contributed by atoms with Crippen LogP contribution >= 0.6 is 0 Å². The summed E-state index contributed by atoms with van der Waals surface area (Å²) in [6.07, 6.45) is 4.40. The molecule has 0 unspecified atom stereocenters. The second-order valence-corrected chi connectivity index (χ2v) is 5.87. The second kappa shape index (κ2) is 8.78. The van der Waals surface area contributed by atoms with Gasteiger partial charge in [0, 0.05) is 56.7 Å². The molecule has 1 aliphatic heterocycles. The molecule has 2 rings (SSSR count). The third-order valence-corrected chi connectivity index (χ3v) is 3.76. The second-order valence-electron chi connectivity index (χ2n) is 5.87. The maximum atomic E-state index is 8.74. The summed E-state index contributed by atoms with van der Waals surface area (Å²) in [5, 5.41) is 15.4. The van der Waals surface area contributed by atoms with Crippen LogP contribution in [0.1, 0.15) is 11.1 Å². The lowest BCUT2D eigenvalue weighted by Crippen LogP contribution is -2.29. The first-order chi connectivity index (χ1) is 10.7. The molecule has 0 amide bonds. The fourth-order valence-electron chi connectivity index (χ4n) is 2.52. The maximum absolute atomic E-state index is 8.74. The average Bonchev–Trinajstić information content (AvgIpc) is 2.52. The monoisotopic (exact) mass is 304 g/mol. The molecule has 0 radical (unpaired) electrons. The molecule has 0 saturated carbocycles. The van der Waals surface area contributed by atoms with Crippen molar-refractivity contribution in [2.75, 3.05) is 58.7 Å². The van der Waals surface area contributed by atoms with Crippen LogP contribution in [-0.4, -0.2) is 68.3 Å². The van der Waals surface area contributed by atoms with Gasteiger partial charge in [0.2, 0.25) is 0 Å². The van der Waals surface area contributed by atoms with Gasteiger partial charge in [-0.2, -0.15) is 0 Å². The van der Waals surface area contributed by atoms with Gasteiger partial charge in [0.25, 0.3) is 0 Å². The summed E-state index contributed by atoms with van der Waals surface area (Å²) in [6, 6.07) is 6.45. The Morgan fingerprint density at radius 1 is 1.23 bits per heavy atom. The highest BCUT2D eigenvalue weighted by atomic mass is 16.3. The first-order valence-corrected chi connectivity index (χ1v) is 7.95. The van der Waals surface area contributed by atoms with Crippen LogP contribution < -0.4 is 10.6 Å². The van der Waals surface area contributed by atoms with Crippen molar-refractivity contribution in [3.05, 3.63) is 35.5 Å². The quantitative estimate of drug-likeness (QED) is 0.595. The Bertz CT molecular complexity index is 488. The van der Waals surface area contributed by atoms with Gasteiger partial charge in [-0.1, -0.05) is 12.1 Å². The van der Waals surface area contributed by atoms with Crippen molar-refractivity contribution >= 4 is 11.8 Å². The van der Waals surface area contributed by atoms with E-state index < -0.39 is 0 Å². The summed E-state index contributed by atoms with van der Waals surface area (Å²) in [5.74, 6) is 0. The molecule has 22 heavy (non-hydrogen) atoms. The summed E-state index contributed by atoms with van der Waals surface area (Å²) in [5.41, 5.74) is 3.85. The predicted octanol–water partition coefficient (Wildman–Crippen LogP) is 1.03. The Hall–Kier alpha value is -1.56. The maximum Gasteiger partial charge on any atom is 0.0555 e. The number of hydrogen-bond acceptors (Lipinski definition) is 5. The van der Waals surface area contributed by atoms with E-state index in [1.165, 1.54) is 16.8 Å². The molecule has 1 aromatic rings. The van der Waals surface area contributed by atoms with Gasteiger partial charge < -0.3 is 25.5 Å². The van der Waals surface area contributed by atoms with E-state index in [9.17, 15) is 0 Å². The average molecular weight is 304 g/mol. The van der Waals surface area contributed by atoms with Gasteiger partial charge >= 0.3 is 0 Å². The largest absolute Gasteiger partial charge is 0.395 e. The van der Waals surface area contributed by atoms with Crippen LogP contribution in [0.4, 0.5) is 5.69 Å². The molecule has 3 N–H and O–H groups in total. The molecule has 122 valence electrons. The van der Waals surface area contributed by atoms with Gasteiger partial charge in [-0.3, -0.25) is 0 Å². The number of benzene rings is 1. The number of rotatable bonds is 9. The Balaban J connectivity index is 1.90. The number of nitrogens with one attached hydrogen (secondary N) is 2. The van der Waals surface area contributed by atoms with E-state index in [0.717, 1.165) is 32.7 Å². The van der Waals surface area contributed by atoms with E-state index in [0.29, 0.717) is 6.54 Å². The molecule has 0 saturated heterocycles. The Kier molecular flexibility index (Phi) is 6.71. The van der Waals surface area contributed by atoms with Crippen LogP contribution in [0.5, 0.6) is 0 Å². The van der Waals surface area contributed by atoms with Gasteiger partial charge in [0.15, 0.2) is 0 Å². The SMILES string of the molecule is CN(C)CCN1C=Cc2c(cccc2NCCNCCO)C1. The number of fused-ring (bicyclic) bond motifs is 1.